The van der Waals surface area contributed by atoms with Crippen molar-refractivity contribution in [3.63, 3.8) is 0 Å². The van der Waals surface area contributed by atoms with E-state index in [1.807, 2.05) is 37.7 Å². The molecule has 4 nitrogen and oxygen atoms in total. The first-order valence-corrected chi connectivity index (χ1v) is 9.10. The van der Waals surface area contributed by atoms with E-state index in [9.17, 15) is 0 Å². The Morgan fingerprint density at radius 3 is 2.79 bits per heavy atom. The first-order valence-electron chi connectivity index (χ1n) is 8.22. The minimum absolute atomic E-state index is 0.195. The van der Waals surface area contributed by atoms with E-state index < -0.39 is 0 Å². The van der Waals surface area contributed by atoms with Crippen LogP contribution in [-0.4, -0.2) is 22.6 Å². The molecule has 0 saturated heterocycles. The van der Waals surface area contributed by atoms with Crippen molar-refractivity contribution in [1.29, 1.82) is 0 Å². The minimum Gasteiger partial charge on any atom is -0.491 e. The number of thiazole rings is 1. The second-order valence-electron chi connectivity index (χ2n) is 6.46. The van der Waals surface area contributed by atoms with Gasteiger partial charge in [0, 0.05) is 23.5 Å². The molecule has 1 aromatic carbocycles. The lowest BCUT2D eigenvalue weighted by Crippen LogP contribution is -2.21. The van der Waals surface area contributed by atoms with Crippen molar-refractivity contribution in [2.24, 2.45) is 11.7 Å². The third-order valence-corrected chi connectivity index (χ3v) is 4.81. The van der Waals surface area contributed by atoms with Crippen LogP contribution in [0.3, 0.4) is 0 Å². The summed E-state index contributed by atoms with van der Waals surface area (Å²) in [7, 11) is 0. The highest BCUT2D eigenvalue weighted by Crippen LogP contribution is 2.36. The minimum atomic E-state index is 0.195. The van der Waals surface area contributed by atoms with Crippen molar-refractivity contribution in [3.05, 3.63) is 41.7 Å². The van der Waals surface area contributed by atoms with Gasteiger partial charge in [0.1, 0.15) is 11.3 Å². The van der Waals surface area contributed by atoms with Crippen molar-refractivity contribution in [2.45, 2.75) is 33.2 Å². The normalized spacial score (nSPS) is 13.8. The molecule has 2 heterocycles. The molecule has 2 aromatic heterocycles. The van der Waals surface area contributed by atoms with Gasteiger partial charge in [0.2, 0.25) is 0 Å². The highest BCUT2D eigenvalue weighted by Gasteiger charge is 2.13. The standard InChI is InChI=1S/C19H23N3OS/c1-12(8-13(2)20)10-23-17-5-4-16(19-18(17)22-11-24-19)15-6-7-21-14(3)9-15/h4-7,9,11-13H,8,10,20H2,1-3H3. The molecular weight excluding hydrogens is 318 g/mol. The molecule has 0 saturated carbocycles. The second kappa shape index (κ2) is 7.28. The number of fused-ring (bicyclic) bond motifs is 1. The number of ether oxygens (including phenoxy) is 1. The molecule has 0 radical (unpaired) electrons. The Labute approximate surface area is 146 Å². The van der Waals surface area contributed by atoms with Gasteiger partial charge in [-0.25, -0.2) is 4.98 Å². The van der Waals surface area contributed by atoms with E-state index >= 15 is 0 Å². The number of hydrogen-bond acceptors (Lipinski definition) is 5. The van der Waals surface area contributed by atoms with E-state index in [0.717, 1.165) is 33.6 Å². The molecule has 0 bridgehead atoms. The van der Waals surface area contributed by atoms with Crippen LogP contribution in [0.25, 0.3) is 21.3 Å². The predicted octanol–water partition coefficient (Wildman–Crippen LogP) is 4.42. The van der Waals surface area contributed by atoms with Gasteiger partial charge in [-0.05, 0) is 56.0 Å². The topological polar surface area (TPSA) is 61.0 Å². The third-order valence-electron chi connectivity index (χ3n) is 3.95. The van der Waals surface area contributed by atoms with Crippen LogP contribution >= 0.6 is 11.3 Å². The highest BCUT2D eigenvalue weighted by molar-refractivity contribution is 7.17. The zero-order chi connectivity index (χ0) is 17.1. The van der Waals surface area contributed by atoms with Crippen molar-refractivity contribution in [3.8, 4) is 16.9 Å². The van der Waals surface area contributed by atoms with Gasteiger partial charge >= 0.3 is 0 Å². The summed E-state index contributed by atoms with van der Waals surface area (Å²) in [6, 6.07) is 8.46. The molecule has 3 aromatic rings. The van der Waals surface area contributed by atoms with E-state index in [-0.39, 0.29) is 6.04 Å². The van der Waals surface area contributed by atoms with Crippen molar-refractivity contribution >= 4 is 21.6 Å². The summed E-state index contributed by atoms with van der Waals surface area (Å²) in [5.41, 5.74) is 12.0. The smallest absolute Gasteiger partial charge is 0.146 e. The van der Waals surface area contributed by atoms with Crippen LogP contribution in [0.15, 0.2) is 36.0 Å². The third kappa shape index (κ3) is 3.74. The van der Waals surface area contributed by atoms with Crippen LogP contribution in [0.5, 0.6) is 5.75 Å². The number of rotatable bonds is 6. The lowest BCUT2D eigenvalue weighted by Gasteiger charge is -2.15. The lowest BCUT2D eigenvalue weighted by molar-refractivity contribution is 0.248. The molecule has 0 spiro atoms. The largest absolute Gasteiger partial charge is 0.491 e. The average molecular weight is 341 g/mol. The van der Waals surface area contributed by atoms with Gasteiger partial charge in [0.25, 0.3) is 0 Å². The fraction of sp³-hybridized carbons (Fsp3) is 0.368. The first-order chi connectivity index (χ1) is 11.5. The Hall–Kier alpha value is -1.98. The van der Waals surface area contributed by atoms with E-state index in [4.69, 9.17) is 10.5 Å². The average Bonchev–Trinajstić information content (AvgIpc) is 3.01. The number of aryl methyl sites for hydroxylation is 1. The number of hydrogen-bond donors (Lipinski definition) is 1. The fourth-order valence-corrected chi connectivity index (χ4v) is 3.76. The number of pyridine rings is 1. The maximum Gasteiger partial charge on any atom is 0.146 e. The van der Waals surface area contributed by atoms with E-state index in [0.29, 0.717) is 12.5 Å². The van der Waals surface area contributed by atoms with Crippen molar-refractivity contribution in [2.75, 3.05) is 6.61 Å². The van der Waals surface area contributed by atoms with Crippen LogP contribution in [-0.2, 0) is 0 Å². The molecule has 2 atom stereocenters. The van der Waals surface area contributed by atoms with E-state index in [1.165, 1.54) is 5.56 Å². The van der Waals surface area contributed by atoms with Crippen molar-refractivity contribution < 1.29 is 4.74 Å². The van der Waals surface area contributed by atoms with Gasteiger partial charge in [0.15, 0.2) is 0 Å². The van der Waals surface area contributed by atoms with Gasteiger partial charge in [0.05, 0.1) is 16.8 Å². The molecule has 5 heteroatoms. The molecule has 0 amide bonds. The Morgan fingerprint density at radius 1 is 1.21 bits per heavy atom. The summed E-state index contributed by atoms with van der Waals surface area (Å²) < 4.78 is 7.18. The molecule has 3 rings (SSSR count). The molecule has 0 aliphatic carbocycles. The molecule has 24 heavy (non-hydrogen) atoms. The summed E-state index contributed by atoms with van der Waals surface area (Å²) in [4.78, 5) is 8.80. The number of nitrogens with two attached hydrogens (primary N) is 1. The van der Waals surface area contributed by atoms with Gasteiger partial charge in [-0.1, -0.05) is 6.92 Å². The van der Waals surface area contributed by atoms with Crippen LogP contribution in [0.4, 0.5) is 0 Å². The van der Waals surface area contributed by atoms with E-state index in [1.54, 1.807) is 11.3 Å². The monoisotopic (exact) mass is 341 g/mol. The quantitative estimate of drug-likeness (QED) is 0.721. The van der Waals surface area contributed by atoms with Crippen LogP contribution < -0.4 is 10.5 Å². The predicted molar refractivity (Wildman–Crippen MR) is 101 cm³/mol. The van der Waals surface area contributed by atoms with E-state index in [2.05, 4.69) is 29.0 Å². The number of benzene rings is 1. The second-order valence-corrected chi connectivity index (χ2v) is 7.31. The molecule has 0 aliphatic heterocycles. The fourth-order valence-electron chi connectivity index (χ4n) is 2.92. The maximum absolute atomic E-state index is 6.03. The molecule has 0 fully saturated rings. The Kier molecular flexibility index (Phi) is 5.11. The zero-order valence-electron chi connectivity index (χ0n) is 14.3. The zero-order valence-corrected chi connectivity index (χ0v) is 15.1. The molecule has 126 valence electrons. The maximum atomic E-state index is 6.03. The first kappa shape index (κ1) is 16.9. The number of nitrogens with zero attached hydrogens (tertiary/aromatic N) is 2. The van der Waals surface area contributed by atoms with Gasteiger partial charge in [-0.3, -0.25) is 4.98 Å². The highest BCUT2D eigenvalue weighted by atomic mass is 32.1. The van der Waals surface area contributed by atoms with Crippen molar-refractivity contribution in [1.82, 2.24) is 9.97 Å². The Balaban J connectivity index is 1.88. The SMILES string of the molecule is Cc1cc(-c2ccc(OCC(C)CC(C)N)c3ncsc23)ccn1. The summed E-state index contributed by atoms with van der Waals surface area (Å²) in [5, 5.41) is 0. The Morgan fingerprint density at radius 2 is 2.04 bits per heavy atom. The summed E-state index contributed by atoms with van der Waals surface area (Å²) >= 11 is 1.64. The lowest BCUT2D eigenvalue weighted by atomic mass is 10.0. The molecule has 2 unspecified atom stereocenters. The Bertz CT molecular complexity index is 828. The van der Waals surface area contributed by atoms with Gasteiger partial charge < -0.3 is 10.5 Å². The van der Waals surface area contributed by atoms with Crippen LogP contribution in [0.1, 0.15) is 26.0 Å². The van der Waals surface area contributed by atoms with Gasteiger partial charge in [-0.2, -0.15) is 0 Å². The van der Waals surface area contributed by atoms with Crippen LogP contribution in [0.2, 0.25) is 0 Å². The molecular formula is C19H23N3OS. The molecule has 2 N–H and O–H groups in total. The summed E-state index contributed by atoms with van der Waals surface area (Å²) in [6.07, 6.45) is 2.80. The number of aromatic nitrogens is 2. The summed E-state index contributed by atoms with van der Waals surface area (Å²) in [6.45, 7) is 6.85. The van der Waals surface area contributed by atoms with Crippen LogP contribution in [0, 0.1) is 12.8 Å². The summed E-state index contributed by atoms with van der Waals surface area (Å²) in [5.74, 6) is 1.26. The molecule has 0 aliphatic rings. The van der Waals surface area contributed by atoms with Gasteiger partial charge in [-0.15, -0.1) is 11.3 Å².